The van der Waals surface area contributed by atoms with Crippen LogP contribution in [0.4, 0.5) is 0 Å². The second-order valence-electron chi connectivity index (χ2n) is 5.71. The standard InChI is InChI=1S/C18H23NO5/c1-4-7-12-10-13(11-15(23-2)16(12)24-3)17(20)19-9-6-5-8-14(19)18(21)22/h4,10-11,14H,1,5-9H2,2-3H3,(H,21,22)/t14-/m1/s1. The Morgan fingerprint density at radius 1 is 1.33 bits per heavy atom. The van der Waals surface area contributed by atoms with Crippen LogP contribution < -0.4 is 9.47 Å². The van der Waals surface area contributed by atoms with Gasteiger partial charge in [0.1, 0.15) is 6.04 Å². The fraction of sp³-hybridized carbons (Fsp3) is 0.444. The molecule has 1 aliphatic heterocycles. The first-order chi connectivity index (χ1) is 11.5. The second-order valence-corrected chi connectivity index (χ2v) is 5.71. The van der Waals surface area contributed by atoms with Crippen LogP contribution in [0.5, 0.6) is 11.5 Å². The minimum atomic E-state index is -0.963. The van der Waals surface area contributed by atoms with Crippen LogP contribution in [0.2, 0.25) is 0 Å². The molecule has 0 unspecified atom stereocenters. The van der Waals surface area contributed by atoms with E-state index in [4.69, 9.17) is 9.47 Å². The number of carboxylic acids is 1. The topological polar surface area (TPSA) is 76.1 Å². The Morgan fingerprint density at radius 3 is 2.67 bits per heavy atom. The number of aliphatic carboxylic acids is 1. The van der Waals surface area contributed by atoms with Crippen LogP contribution in [0, 0.1) is 0 Å². The molecule has 24 heavy (non-hydrogen) atoms. The predicted octanol–water partition coefficient (Wildman–Crippen LogP) is 2.51. The summed E-state index contributed by atoms with van der Waals surface area (Å²) in [7, 11) is 3.04. The van der Waals surface area contributed by atoms with Gasteiger partial charge >= 0.3 is 5.97 Å². The number of hydrogen-bond donors (Lipinski definition) is 1. The Hall–Kier alpha value is -2.50. The van der Waals surface area contributed by atoms with Gasteiger partial charge in [0.05, 0.1) is 14.2 Å². The number of allylic oxidation sites excluding steroid dienone is 1. The number of nitrogens with zero attached hydrogens (tertiary/aromatic N) is 1. The molecular formula is C18H23NO5. The van der Waals surface area contributed by atoms with Crippen LogP contribution in [-0.2, 0) is 11.2 Å². The highest BCUT2D eigenvalue weighted by Gasteiger charge is 2.33. The van der Waals surface area contributed by atoms with Crippen LogP contribution in [0.15, 0.2) is 24.8 Å². The fourth-order valence-electron chi connectivity index (χ4n) is 3.07. The smallest absolute Gasteiger partial charge is 0.326 e. The third kappa shape index (κ3) is 3.53. The fourth-order valence-corrected chi connectivity index (χ4v) is 3.07. The van der Waals surface area contributed by atoms with Gasteiger partial charge < -0.3 is 19.5 Å². The van der Waals surface area contributed by atoms with E-state index < -0.39 is 12.0 Å². The van der Waals surface area contributed by atoms with Crippen LogP contribution >= 0.6 is 0 Å². The molecule has 6 heteroatoms. The maximum absolute atomic E-state index is 12.9. The molecule has 1 aliphatic rings. The summed E-state index contributed by atoms with van der Waals surface area (Å²) in [6.07, 6.45) is 4.33. The van der Waals surface area contributed by atoms with Gasteiger partial charge in [0.2, 0.25) is 0 Å². The van der Waals surface area contributed by atoms with E-state index in [0.29, 0.717) is 36.4 Å². The Labute approximate surface area is 141 Å². The van der Waals surface area contributed by atoms with Crippen molar-refractivity contribution in [1.29, 1.82) is 0 Å². The zero-order valence-electron chi connectivity index (χ0n) is 14.1. The highest BCUT2D eigenvalue weighted by atomic mass is 16.5. The molecule has 1 fully saturated rings. The van der Waals surface area contributed by atoms with Crippen LogP contribution in [-0.4, -0.2) is 48.7 Å². The number of amides is 1. The van der Waals surface area contributed by atoms with E-state index in [1.807, 2.05) is 0 Å². The van der Waals surface area contributed by atoms with Crippen molar-refractivity contribution in [2.45, 2.75) is 31.7 Å². The number of carboxylic acid groups (broad SMARTS) is 1. The maximum Gasteiger partial charge on any atom is 0.326 e. The molecule has 130 valence electrons. The van der Waals surface area contributed by atoms with Gasteiger partial charge in [0.15, 0.2) is 11.5 Å². The summed E-state index contributed by atoms with van der Waals surface area (Å²) in [4.78, 5) is 25.8. The largest absolute Gasteiger partial charge is 0.493 e. The molecule has 1 saturated heterocycles. The highest BCUT2D eigenvalue weighted by molar-refractivity contribution is 5.97. The van der Waals surface area contributed by atoms with Gasteiger partial charge in [0, 0.05) is 17.7 Å². The average Bonchev–Trinajstić information content (AvgIpc) is 2.60. The van der Waals surface area contributed by atoms with Gasteiger partial charge in [-0.3, -0.25) is 4.79 Å². The molecule has 1 aromatic carbocycles. The van der Waals surface area contributed by atoms with E-state index in [1.54, 1.807) is 18.2 Å². The lowest BCUT2D eigenvalue weighted by atomic mass is 9.99. The third-order valence-electron chi connectivity index (χ3n) is 4.22. The average molecular weight is 333 g/mol. The minimum Gasteiger partial charge on any atom is -0.493 e. The molecule has 1 amide bonds. The molecule has 0 radical (unpaired) electrons. The molecule has 2 rings (SSSR count). The van der Waals surface area contributed by atoms with Gasteiger partial charge in [-0.2, -0.15) is 0 Å². The van der Waals surface area contributed by atoms with Crippen molar-refractivity contribution < 1.29 is 24.2 Å². The first-order valence-corrected chi connectivity index (χ1v) is 7.93. The first kappa shape index (κ1) is 17.8. The van der Waals surface area contributed by atoms with E-state index in [2.05, 4.69) is 6.58 Å². The normalized spacial score (nSPS) is 17.2. The van der Waals surface area contributed by atoms with Crippen molar-refractivity contribution in [3.8, 4) is 11.5 Å². The molecule has 1 aromatic rings. The zero-order valence-corrected chi connectivity index (χ0v) is 14.1. The highest BCUT2D eigenvalue weighted by Crippen LogP contribution is 2.34. The Morgan fingerprint density at radius 2 is 2.08 bits per heavy atom. The summed E-state index contributed by atoms with van der Waals surface area (Å²) in [6, 6.07) is 2.54. The first-order valence-electron chi connectivity index (χ1n) is 7.93. The Balaban J connectivity index is 2.42. The van der Waals surface area contributed by atoms with Crippen molar-refractivity contribution in [2.24, 2.45) is 0 Å². The molecule has 0 aromatic heterocycles. The minimum absolute atomic E-state index is 0.298. The van der Waals surface area contributed by atoms with Gasteiger partial charge in [-0.05, 0) is 37.8 Å². The molecular weight excluding hydrogens is 310 g/mol. The SMILES string of the molecule is C=CCc1cc(C(=O)N2CCCC[C@@H]2C(=O)O)cc(OC)c1OC. The lowest BCUT2D eigenvalue weighted by molar-refractivity contribution is -0.143. The lowest BCUT2D eigenvalue weighted by Crippen LogP contribution is -2.48. The predicted molar refractivity (Wildman–Crippen MR) is 89.8 cm³/mol. The van der Waals surface area contributed by atoms with E-state index in [1.165, 1.54) is 19.1 Å². The van der Waals surface area contributed by atoms with Gasteiger partial charge in [-0.15, -0.1) is 6.58 Å². The van der Waals surface area contributed by atoms with Gasteiger partial charge in [0.25, 0.3) is 5.91 Å². The van der Waals surface area contributed by atoms with Crippen LogP contribution in [0.1, 0.15) is 35.2 Å². The van der Waals surface area contributed by atoms with Crippen molar-refractivity contribution in [3.63, 3.8) is 0 Å². The van der Waals surface area contributed by atoms with E-state index >= 15 is 0 Å². The quantitative estimate of drug-likeness (QED) is 0.810. The number of ether oxygens (including phenoxy) is 2. The molecule has 1 N–H and O–H groups in total. The molecule has 6 nitrogen and oxygen atoms in total. The number of carbonyl (C=O) groups is 2. The summed E-state index contributed by atoms with van der Waals surface area (Å²) < 4.78 is 10.7. The van der Waals surface area contributed by atoms with E-state index in [9.17, 15) is 14.7 Å². The zero-order chi connectivity index (χ0) is 17.7. The molecule has 0 spiro atoms. The van der Waals surface area contributed by atoms with E-state index in [0.717, 1.165) is 18.4 Å². The van der Waals surface area contributed by atoms with Crippen LogP contribution in [0.25, 0.3) is 0 Å². The van der Waals surface area contributed by atoms with Crippen LogP contribution in [0.3, 0.4) is 0 Å². The number of methoxy groups -OCH3 is 2. The number of benzene rings is 1. The maximum atomic E-state index is 12.9. The van der Waals surface area contributed by atoms with E-state index in [-0.39, 0.29) is 5.91 Å². The second kappa shape index (κ2) is 7.86. The lowest BCUT2D eigenvalue weighted by Gasteiger charge is -2.33. The number of likely N-dealkylation sites (tertiary alicyclic amines) is 1. The van der Waals surface area contributed by atoms with Crippen molar-refractivity contribution in [3.05, 3.63) is 35.9 Å². The molecule has 0 saturated carbocycles. The van der Waals surface area contributed by atoms with Gasteiger partial charge in [-0.1, -0.05) is 6.08 Å². The van der Waals surface area contributed by atoms with Gasteiger partial charge in [-0.25, -0.2) is 4.79 Å². The molecule has 1 atom stereocenters. The number of hydrogen-bond acceptors (Lipinski definition) is 4. The molecule has 1 heterocycles. The number of carbonyl (C=O) groups excluding carboxylic acids is 1. The summed E-state index contributed by atoms with van der Waals surface area (Å²) in [5, 5.41) is 9.37. The number of rotatable bonds is 6. The van der Waals surface area contributed by atoms with Crippen molar-refractivity contribution in [2.75, 3.05) is 20.8 Å². The molecule has 0 bridgehead atoms. The number of piperidine rings is 1. The summed E-state index contributed by atoms with van der Waals surface area (Å²) in [5.41, 5.74) is 1.18. The Kier molecular flexibility index (Phi) is 5.84. The summed E-state index contributed by atoms with van der Waals surface area (Å²) in [6.45, 7) is 4.16. The summed E-state index contributed by atoms with van der Waals surface area (Å²) >= 11 is 0. The molecule has 0 aliphatic carbocycles. The van der Waals surface area contributed by atoms with Crippen molar-refractivity contribution >= 4 is 11.9 Å². The van der Waals surface area contributed by atoms with Crippen molar-refractivity contribution in [1.82, 2.24) is 4.90 Å². The summed E-state index contributed by atoms with van der Waals surface area (Å²) in [5.74, 6) is -0.255. The monoisotopic (exact) mass is 333 g/mol. The third-order valence-corrected chi connectivity index (χ3v) is 4.22. The Bertz CT molecular complexity index is 641.